The van der Waals surface area contributed by atoms with Crippen molar-refractivity contribution in [3.05, 3.63) is 23.4 Å². The molecule has 1 saturated heterocycles. The second-order valence-corrected chi connectivity index (χ2v) is 7.22. The van der Waals surface area contributed by atoms with E-state index in [1.165, 1.54) is 68.6 Å². The molecule has 3 nitrogen and oxygen atoms in total. The predicted molar refractivity (Wildman–Crippen MR) is 86.5 cm³/mol. The fourth-order valence-electron chi connectivity index (χ4n) is 4.21. The van der Waals surface area contributed by atoms with Crippen LogP contribution >= 0.6 is 0 Å². The Bertz CT molecular complexity index is 509. The lowest BCUT2D eigenvalue weighted by Crippen LogP contribution is -2.35. The van der Waals surface area contributed by atoms with Gasteiger partial charge in [-0.25, -0.2) is 4.98 Å². The Balaban J connectivity index is 1.52. The number of fused-ring (bicyclic) bond motifs is 1. The fourth-order valence-corrected chi connectivity index (χ4v) is 4.21. The predicted octanol–water partition coefficient (Wildman–Crippen LogP) is 3.41. The Hall–Kier alpha value is -1.09. The first kappa shape index (κ1) is 13.6. The van der Waals surface area contributed by atoms with Crippen molar-refractivity contribution in [2.24, 2.45) is 5.92 Å². The molecule has 114 valence electrons. The third-order valence-corrected chi connectivity index (χ3v) is 5.48. The van der Waals surface area contributed by atoms with Crippen molar-refractivity contribution in [3.63, 3.8) is 0 Å². The smallest absolute Gasteiger partial charge is 0.129 e. The molecule has 21 heavy (non-hydrogen) atoms. The van der Waals surface area contributed by atoms with Crippen LogP contribution in [0.1, 0.15) is 56.2 Å². The molecule has 2 aliphatic carbocycles. The average Bonchev–Trinajstić information content (AvgIpc) is 3.22. The van der Waals surface area contributed by atoms with Crippen molar-refractivity contribution in [2.75, 3.05) is 11.4 Å². The number of anilines is 1. The number of hydrogen-bond donors (Lipinski definition) is 1. The zero-order chi connectivity index (χ0) is 14.2. The molecule has 2 unspecified atom stereocenters. The quantitative estimate of drug-likeness (QED) is 0.919. The Morgan fingerprint density at radius 3 is 2.86 bits per heavy atom. The number of nitrogens with one attached hydrogen (secondary N) is 1. The van der Waals surface area contributed by atoms with Gasteiger partial charge in [0.15, 0.2) is 0 Å². The minimum absolute atomic E-state index is 0.761. The summed E-state index contributed by atoms with van der Waals surface area (Å²) in [7, 11) is 0. The summed E-state index contributed by atoms with van der Waals surface area (Å²) in [6.45, 7) is 4.35. The summed E-state index contributed by atoms with van der Waals surface area (Å²) in [5.41, 5.74) is 2.57. The normalized spacial score (nSPS) is 28.7. The van der Waals surface area contributed by atoms with Crippen molar-refractivity contribution in [1.82, 2.24) is 10.3 Å². The van der Waals surface area contributed by atoms with E-state index in [1.54, 1.807) is 0 Å². The first-order chi connectivity index (χ1) is 10.3. The van der Waals surface area contributed by atoms with Gasteiger partial charge in [-0.3, -0.25) is 0 Å². The molecule has 0 bridgehead atoms. The lowest BCUT2D eigenvalue weighted by molar-refractivity contribution is 0.341. The molecular weight excluding hydrogens is 258 g/mol. The maximum Gasteiger partial charge on any atom is 0.129 e. The Morgan fingerprint density at radius 2 is 2.00 bits per heavy atom. The molecule has 3 aliphatic rings. The van der Waals surface area contributed by atoms with Gasteiger partial charge >= 0.3 is 0 Å². The fraction of sp³-hybridized carbons (Fsp3) is 0.722. The number of pyridine rings is 1. The van der Waals surface area contributed by atoms with Crippen LogP contribution < -0.4 is 10.2 Å². The van der Waals surface area contributed by atoms with Crippen molar-refractivity contribution < 1.29 is 0 Å². The number of rotatable bonds is 4. The molecule has 2 saturated carbocycles. The minimum Gasteiger partial charge on any atom is -0.353 e. The first-order valence-electron chi connectivity index (χ1n) is 8.77. The van der Waals surface area contributed by atoms with E-state index in [2.05, 4.69) is 29.3 Å². The summed E-state index contributed by atoms with van der Waals surface area (Å²) < 4.78 is 0. The van der Waals surface area contributed by atoms with Gasteiger partial charge < -0.3 is 10.2 Å². The maximum absolute atomic E-state index is 4.85. The second kappa shape index (κ2) is 5.60. The topological polar surface area (TPSA) is 28.2 Å². The third-order valence-electron chi connectivity index (χ3n) is 5.48. The maximum atomic E-state index is 4.85. The van der Waals surface area contributed by atoms with Crippen molar-refractivity contribution >= 4 is 5.82 Å². The summed E-state index contributed by atoms with van der Waals surface area (Å²) in [5, 5.41) is 3.63. The monoisotopic (exact) mass is 285 g/mol. The second-order valence-electron chi connectivity index (χ2n) is 7.22. The lowest BCUT2D eigenvalue weighted by Gasteiger charge is -2.32. The summed E-state index contributed by atoms with van der Waals surface area (Å²) in [6.07, 6.45) is 9.72. The van der Waals surface area contributed by atoms with Crippen LogP contribution in [0, 0.1) is 12.8 Å². The highest BCUT2D eigenvalue weighted by Crippen LogP contribution is 2.38. The van der Waals surface area contributed by atoms with E-state index in [0.29, 0.717) is 0 Å². The van der Waals surface area contributed by atoms with E-state index in [4.69, 9.17) is 4.98 Å². The zero-order valence-corrected chi connectivity index (χ0v) is 13.1. The molecule has 2 atom stereocenters. The highest BCUT2D eigenvalue weighted by atomic mass is 15.2. The highest BCUT2D eigenvalue weighted by molar-refractivity contribution is 5.45. The van der Waals surface area contributed by atoms with Gasteiger partial charge in [0, 0.05) is 30.9 Å². The van der Waals surface area contributed by atoms with Crippen LogP contribution in [0.5, 0.6) is 0 Å². The van der Waals surface area contributed by atoms with Gasteiger partial charge in [0.1, 0.15) is 5.82 Å². The van der Waals surface area contributed by atoms with E-state index in [-0.39, 0.29) is 0 Å². The summed E-state index contributed by atoms with van der Waals surface area (Å²) in [6, 6.07) is 6.11. The van der Waals surface area contributed by atoms with E-state index >= 15 is 0 Å². The highest BCUT2D eigenvalue weighted by Gasteiger charge is 2.36. The van der Waals surface area contributed by atoms with Crippen molar-refractivity contribution in [3.8, 4) is 0 Å². The lowest BCUT2D eigenvalue weighted by atomic mass is 9.85. The van der Waals surface area contributed by atoms with Crippen molar-refractivity contribution in [1.29, 1.82) is 0 Å². The summed E-state index contributed by atoms with van der Waals surface area (Å²) >= 11 is 0. The summed E-state index contributed by atoms with van der Waals surface area (Å²) in [4.78, 5) is 7.46. The summed E-state index contributed by atoms with van der Waals surface area (Å²) in [5.74, 6) is 2.16. The Morgan fingerprint density at radius 1 is 1.14 bits per heavy atom. The van der Waals surface area contributed by atoms with E-state index in [0.717, 1.165) is 24.5 Å². The van der Waals surface area contributed by atoms with Gasteiger partial charge in [-0.2, -0.15) is 0 Å². The van der Waals surface area contributed by atoms with E-state index in [1.807, 2.05) is 0 Å². The van der Waals surface area contributed by atoms with Gasteiger partial charge in [-0.15, -0.1) is 0 Å². The zero-order valence-electron chi connectivity index (χ0n) is 13.1. The van der Waals surface area contributed by atoms with Gasteiger partial charge in [-0.1, -0.05) is 12.8 Å². The molecule has 2 heterocycles. The van der Waals surface area contributed by atoms with Gasteiger partial charge in [-0.05, 0) is 62.6 Å². The van der Waals surface area contributed by atoms with Crippen LogP contribution in [-0.2, 0) is 6.54 Å². The molecule has 0 radical (unpaired) electrons. The standard InChI is InChI=1S/C18H27N3/c1-13-10-14(12-19-16-6-7-16)11-18(20-13)21-9-8-15-4-2-3-5-17(15)21/h10-11,15-17,19H,2-9,12H2,1H3. The molecule has 1 aromatic rings. The molecule has 3 heteroatoms. The molecule has 1 N–H and O–H groups in total. The van der Waals surface area contributed by atoms with Crippen molar-refractivity contribution in [2.45, 2.75) is 70.5 Å². The minimum atomic E-state index is 0.761. The molecule has 4 rings (SSSR count). The number of hydrogen-bond acceptors (Lipinski definition) is 3. The molecule has 1 aromatic heterocycles. The SMILES string of the molecule is Cc1cc(CNC2CC2)cc(N2CCC3CCCCC32)n1. The van der Waals surface area contributed by atoms with Gasteiger partial charge in [0.25, 0.3) is 0 Å². The van der Waals surface area contributed by atoms with Gasteiger partial charge in [0.05, 0.1) is 0 Å². The first-order valence-corrected chi connectivity index (χ1v) is 8.77. The molecule has 1 aliphatic heterocycles. The molecular formula is C18H27N3. The Kier molecular flexibility index (Phi) is 3.62. The molecule has 0 spiro atoms. The van der Waals surface area contributed by atoms with Crippen LogP contribution in [0.25, 0.3) is 0 Å². The average molecular weight is 285 g/mol. The number of aromatic nitrogens is 1. The molecule has 3 fully saturated rings. The van der Waals surface area contributed by atoms with Crippen LogP contribution in [-0.4, -0.2) is 23.6 Å². The van der Waals surface area contributed by atoms with E-state index in [9.17, 15) is 0 Å². The third kappa shape index (κ3) is 2.94. The number of nitrogens with zero attached hydrogens (tertiary/aromatic N) is 2. The number of aryl methyl sites for hydroxylation is 1. The van der Waals surface area contributed by atoms with Crippen LogP contribution in [0.3, 0.4) is 0 Å². The molecule has 0 amide bonds. The molecule has 0 aromatic carbocycles. The van der Waals surface area contributed by atoms with Crippen LogP contribution in [0.4, 0.5) is 5.82 Å². The van der Waals surface area contributed by atoms with Crippen LogP contribution in [0.15, 0.2) is 12.1 Å². The largest absolute Gasteiger partial charge is 0.353 e. The van der Waals surface area contributed by atoms with Crippen LogP contribution in [0.2, 0.25) is 0 Å². The Labute approximate surface area is 128 Å². The van der Waals surface area contributed by atoms with Gasteiger partial charge in [0.2, 0.25) is 0 Å². The van der Waals surface area contributed by atoms with E-state index < -0.39 is 0 Å².